The van der Waals surface area contributed by atoms with Crippen molar-refractivity contribution in [2.75, 3.05) is 13.1 Å². The van der Waals surface area contributed by atoms with Crippen molar-refractivity contribution < 1.29 is 17.6 Å². The number of benzene rings is 2. The molecular weight excluding hydrogens is 401 g/mol. The van der Waals surface area contributed by atoms with E-state index in [0.29, 0.717) is 4.80 Å². The van der Waals surface area contributed by atoms with Crippen LogP contribution >= 0.6 is 11.3 Å². The molecule has 1 heterocycles. The van der Waals surface area contributed by atoms with E-state index >= 15 is 0 Å². The highest BCUT2D eigenvalue weighted by molar-refractivity contribution is 7.89. The predicted octanol–water partition coefficient (Wildman–Crippen LogP) is 3.15. The van der Waals surface area contributed by atoms with E-state index in [0.717, 1.165) is 22.3 Å². The number of sulfonamides is 1. The number of hydrogen-bond donors (Lipinski definition) is 0. The molecule has 0 saturated heterocycles. The molecule has 0 aliphatic rings. The lowest BCUT2D eigenvalue weighted by molar-refractivity contribution is 0.0994. The van der Waals surface area contributed by atoms with E-state index in [9.17, 15) is 17.6 Å². The van der Waals surface area contributed by atoms with Crippen molar-refractivity contribution in [1.82, 2.24) is 8.87 Å². The Hall–Kier alpha value is -2.36. The lowest BCUT2D eigenvalue weighted by atomic mass is 10.2. The van der Waals surface area contributed by atoms with E-state index in [2.05, 4.69) is 4.99 Å². The van der Waals surface area contributed by atoms with Gasteiger partial charge in [-0.3, -0.25) is 4.79 Å². The Morgan fingerprint density at radius 1 is 1.18 bits per heavy atom. The molecular formula is C19H20FN3O3S2. The van der Waals surface area contributed by atoms with Gasteiger partial charge in [-0.25, -0.2) is 12.8 Å². The number of fused-ring (bicyclic) bond motifs is 1. The molecule has 1 aromatic heterocycles. The van der Waals surface area contributed by atoms with Crippen LogP contribution in [0.3, 0.4) is 0 Å². The van der Waals surface area contributed by atoms with Gasteiger partial charge in [0.15, 0.2) is 4.80 Å². The zero-order valence-electron chi connectivity index (χ0n) is 15.7. The van der Waals surface area contributed by atoms with Crippen LogP contribution in [0.2, 0.25) is 0 Å². The minimum Gasteiger partial charge on any atom is -0.319 e. The molecule has 0 atom stereocenters. The van der Waals surface area contributed by atoms with Gasteiger partial charge in [-0.2, -0.15) is 9.30 Å². The molecule has 6 nitrogen and oxygen atoms in total. The molecule has 3 rings (SSSR count). The Balaban J connectivity index is 2.08. The summed E-state index contributed by atoms with van der Waals surface area (Å²) in [6, 6.07) is 10.8. The summed E-state index contributed by atoms with van der Waals surface area (Å²) in [6.07, 6.45) is 0. The van der Waals surface area contributed by atoms with E-state index in [1.54, 1.807) is 25.5 Å². The van der Waals surface area contributed by atoms with E-state index in [1.165, 1.54) is 21.7 Å². The van der Waals surface area contributed by atoms with E-state index < -0.39 is 21.7 Å². The van der Waals surface area contributed by atoms with Crippen LogP contribution < -0.4 is 4.80 Å². The summed E-state index contributed by atoms with van der Waals surface area (Å²) in [5.74, 6) is -1.63. The van der Waals surface area contributed by atoms with Crippen molar-refractivity contribution in [3.63, 3.8) is 0 Å². The first kappa shape index (κ1) is 20.4. The van der Waals surface area contributed by atoms with E-state index in [4.69, 9.17) is 0 Å². The molecule has 3 aromatic rings. The van der Waals surface area contributed by atoms with E-state index in [-0.39, 0.29) is 23.5 Å². The summed E-state index contributed by atoms with van der Waals surface area (Å²) >= 11 is 1.30. The van der Waals surface area contributed by atoms with Gasteiger partial charge in [0.25, 0.3) is 5.91 Å². The van der Waals surface area contributed by atoms with Crippen LogP contribution in [-0.2, 0) is 17.1 Å². The maximum atomic E-state index is 14.3. The first-order valence-electron chi connectivity index (χ1n) is 8.73. The van der Waals surface area contributed by atoms with Crippen molar-refractivity contribution in [2.24, 2.45) is 12.0 Å². The quantitative estimate of drug-likeness (QED) is 0.635. The Morgan fingerprint density at radius 3 is 2.50 bits per heavy atom. The molecule has 1 amide bonds. The maximum absolute atomic E-state index is 14.3. The molecule has 0 N–H and O–H groups in total. The Labute approximate surface area is 166 Å². The second kappa shape index (κ2) is 7.94. The fourth-order valence-electron chi connectivity index (χ4n) is 2.88. The lowest BCUT2D eigenvalue weighted by Gasteiger charge is -2.18. The smallest absolute Gasteiger partial charge is 0.282 e. The van der Waals surface area contributed by atoms with Crippen molar-refractivity contribution in [2.45, 2.75) is 18.7 Å². The second-order valence-corrected chi connectivity index (χ2v) is 9.01. The third-order valence-corrected chi connectivity index (χ3v) is 7.58. The minimum atomic E-state index is -3.81. The Kier molecular flexibility index (Phi) is 5.78. The first-order valence-corrected chi connectivity index (χ1v) is 11.0. The number of rotatable bonds is 5. The van der Waals surface area contributed by atoms with Gasteiger partial charge in [0.2, 0.25) is 10.0 Å². The van der Waals surface area contributed by atoms with Crippen molar-refractivity contribution in [1.29, 1.82) is 0 Å². The van der Waals surface area contributed by atoms with Crippen LogP contribution in [0.25, 0.3) is 10.2 Å². The van der Waals surface area contributed by atoms with Crippen LogP contribution in [0.4, 0.5) is 4.39 Å². The molecule has 28 heavy (non-hydrogen) atoms. The van der Waals surface area contributed by atoms with Gasteiger partial charge >= 0.3 is 0 Å². The number of carbonyl (C=O) groups excluding carboxylic acids is 1. The predicted molar refractivity (Wildman–Crippen MR) is 107 cm³/mol. The van der Waals surface area contributed by atoms with Crippen LogP contribution in [0.5, 0.6) is 0 Å². The number of nitrogens with zero attached hydrogens (tertiary/aromatic N) is 3. The molecule has 9 heteroatoms. The minimum absolute atomic E-state index is 0.128. The van der Waals surface area contributed by atoms with Gasteiger partial charge in [0, 0.05) is 20.1 Å². The standard InChI is InChI=1S/C19H20FN3O3S2/c1-4-23(5-2)28(25,26)13-10-11-15(20)14(12-13)18(24)21-19-22(3)16-8-6-7-9-17(16)27-19/h6-12H,4-5H2,1-3H3. The molecule has 148 valence electrons. The lowest BCUT2D eigenvalue weighted by Crippen LogP contribution is -2.30. The second-order valence-electron chi connectivity index (χ2n) is 6.06. The molecule has 0 aliphatic heterocycles. The summed E-state index contributed by atoms with van der Waals surface area (Å²) < 4.78 is 43.6. The van der Waals surface area contributed by atoms with Crippen molar-refractivity contribution >= 4 is 37.5 Å². The molecule has 0 spiro atoms. The third-order valence-electron chi connectivity index (χ3n) is 4.42. The normalized spacial score (nSPS) is 12.8. The summed E-state index contributed by atoms with van der Waals surface area (Å²) in [4.78, 5) is 16.9. The molecule has 0 radical (unpaired) electrons. The molecule has 2 aromatic carbocycles. The zero-order chi connectivity index (χ0) is 20.5. The largest absolute Gasteiger partial charge is 0.319 e. The fourth-order valence-corrected chi connectivity index (χ4v) is 5.38. The summed E-state index contributed by atoms with van der Waals surface area (Å²) in [5.41, 5.74) is 0.531. The molecule has 0 aliphatic carbocycles. The first-order chi connectivity index (χ1) is 13.3. The molecule has 0 fully saturated rings. The zero-order valence-corrected chi connectivity index (χ0v) is 17.3. The summed E-state index contributed by atoms with van der Waals surface area (Å²) in [5, 5.41) is 0. The number of hydrogen-bond acceptors (Lipinski definition) is 4. The van der Waals surface area contributed by atoms with Gasteiger partial charge in [0.1, 0.15) is 5.82 Å². The number of thiazole rings is 1. The molecule has 0 saturated carbocycles. The maximum Gasteiger partial charge on any atom is 0.282 e. The SMILES string of the molecule is CCN(CC)S(=O)(=O)c1ccc(F)c(C(=O)N=c2sc3ccccc3n2C)c1. The summed E-state index contributed by atoms with van der Waals surface area (Å²) in [7, 11) is -2.04. The number of amides is 1. The number of aromatic nitrogens is 1. The van der Waals surface area contributed by atoms with Gasteiger partial charge < -0.3 is 4.57 Å². The molecule has 0 bridgehead atoms. The fraction of sp³-hybridized carbons (Fsp3) is 0.263. The van der Waals surface area contributed by atoms with Crippen molar-refractivity contribution in [3.05, 3.63) is 58.6 Å². The Bertz CT molecular complexity index is 1210. The highest BCUT2D eigenvalue weighted by Crippen LogP contribution is 2.20. The monoisotopic (exact) mass is 421 g/mol. The highest BCUT2D eigenvalue weighted by Gasteiger charge is 2.24. The third kappa shape index (κ3) is 3.65. The average Bonchev–Trinajstić information content (AvgIpc) is 2.98. The topological polar surface area (TPSA) is 71.7 Å². The van der Waals surface area contributed by atoms with E-state index in [1.807, 2.05) is 24.3 Å². The van der Waals surface area contributed by atoms with Gasteiger partial charge in [0.05, 0.1) is 20.7 Å². The van der Waals surface area contributed by atoms with Gasteiger partial charge in [-0.15, -0.1) is 0 Å². The number of aryl methyl sites for hydroxylation is 1. The summed E-state index contributed by atoms with van der Waals surface area (Å²) in [6.45, 7) is 3.99. The highest BCUT2D eigenvalue weighted by atomic mass is 32.2. The van der Waals surface area contributed by atoms with Gasteiger partial charge in [-0.05, 0) is 30.3 Å². The van der Waals surface area contributed by atoms with Gasteiger partial charge in [-0.1, -0.05) is 37.3 Å². The average molecular weight is 422 g/mol. The number of carbonyl (C=O) groups is 1. The van der Waals surface area contributed by atoms with Crippen LogP contribution in [0, 0.1) is 5.82 Å². The van der Waals surface area contributed by atoms with Crippen LogP contribution in [0.15, 0.2) is 52.4 Å². The number of halogens is 1. The van der Waals surface area contributed by atoms with Crippen molar-refractivity contribution in [3.8, 4) is 0 Å². The Morgan fingerprint density at radius 2 is 1.86 bits per heavy atom. The number of para-hydroxylation sites is 1. The molecule has 0 unspecified atom stereocenters. The van der Waals surface area contributed by atoms with Crippen LogP contribution in [-0.4, -0.2) is 36.3 Å². The van der Waals surface area contributed by atoms with Crippen LogP contribution in [0.1, 0.15) is 24.2 Å².